The van der Waals surface area contributed by atoms with Gasteiger partial charge in [0.2, 0.25) is 0 Å². The second-order valence-corrected chi connectivity index (χ2v) is 4.83. The minimum atomic E-state index is -1.57. The molecule has 0 aliphatic heterocycles. The quantitative estimate of drug-likeness (QED) is 0.782. The number of ether oxygens (including phenoxy) is 1. The number of benzene rings is 1. The molecule has 0 fully saturated rings. The van der Waals surface area contributed by atoms with Crippen molar-refractivity contribution in [3.05, 3.63) is 35.9 Å². The second kappa shape index (κ2) is 5.29. The van der Waals surface area contributed by atoms with Gasteiger partial charge in [0, 0.05) is 0 Å². The van der Waals surface area contributed by atoms with Gasteiger partial charge < -0.3 is 14.9 Å². The van der Waals surface area contributed by atoms with Crippen LogP contribution in [0.2, 0.25) is 0 Å². The fraction of sp³-hybridized carbons (Fsp3) is 0.462. The number of hydrogen-bond donors (Lipinski definition) is 2. The molecule has 94 valence electrons. The highest BCUT2D eigenvalue weighted by Crippen LogP contribution is 2.19. The molecular weight excluding hydrogens is 220 g/mol. The van der Waals surface area contributed by atoms with E-state index in [0.29, 0.717) is 5.56 Å². The maximum atomic E-state index is 11.5. The first-order valence-corrected chi connectivity index (χ1v) is 5.45. The standard InChI is InChI=1S/C13H18O4/c1-13(2,3)17-12(16)11(15)10(14)9-7-5-4-6-8-9/h4-8,10-11,14-15H,1-3H3/t10-,11+/m0/s1. The maximum absolute atomic E-state index is 11.5. The lowest BCUT2D eigenvalue weighted by Gasteiger charge is -2.23. The molecule has 1 rings (SSSR count). The van der Waals surface area contributed by atoms with Crippen LogP contribution >= 0.6 is 0 Å². The Hall–Kier alpha value is -1.39. The van der Waals surface area contributed by atoms with Crippen molar-refractivity contribution in [2.45, 2.75) is 38.6 Å². The Labute approximate surface area is 101 Å². The van der Waals surface area contributed by atoms with Gasteiger partial charge in [0.15, 0.2) is 6.10 Å². The first-order chi connectivity index (χ1) is 7.81. The normalized spacial score (nSPS) is 15.1. The van der Waals surface area contributed by atoms with Crippen molar-refractivity contribution < 1.29 is 19.7 Å². The van der Waals surface area contributed by atoms with Crippen LogP contribution in [0.25, 0.3) is 0 Å². The molecule has 0 aromatic heterocycles. The maximum Gasteiger partial charge on any atom is 0.338 e. The van der Waals surface area contributed by atoms with Crippen LogP contribution < -0.4 is 0 Å². The zero-order valence-electron chi connectivity index (χ0n) is 10.3. The first kappa shape index (κ1) is 13.7. The van der Waals surface area contributed by atoms with Gasteiger partial charge in [0.1, 0.15) is 11.7 Å². The summed E-state index contributed by atoms with van der Waals surface area (Å²) in [6.45, 7) is 5.10. The van der Waals surface area contributed by atoms with Gasteiger partial charge in [-0.15, -0.1) is 0 Å². The summed E-state index contributed by atoms with van der Waals surface area (Å²) in [5.74, 6) is -0.825. The Balaban J connectivity index is 2.70. The zero-order valence-corrected chi connectivity index (χ0v) is 10.3. The fourth-order valence-electron chi connectivity index (χ4n) is 1.32. The lowest BCUT2D eigenvalue weighted by molar-refractivity contribution is -0.171. The number of carbonyl (C=O) groups excluding carboxylic acids is 1. The molecule has 4 nitrogen and oxygen atoms in total. The van der Waals surface area contributed by atoms with E-state index in [9.17, 15) is 15.0 Å². The molecule has 2 N–H and O–H groups in total. The summed E-state index contributed by atoms with van der Waals surface area (Å²) < 4.78 is 4.99. The topological polar surface area (TPSA) is 66.8 Å². The van der Waals surface area contributed by atoms with Crippen molar-refractivity contribution in [1.82, 2.24) is 0 Å². The molecule has 0 saturated carbocycles. The van der Waals surface area contributed by atoms with Gasteiger partial charge in [0.25, 0.3) is 0 Å². The van der Waals surface area contributed by atoms with Crippen molar-refractivity contribution in [1.29, 1.82) is 0 Å². The third-order valence-electron chi connectivity index (χ3n) is 2.09. The minimum absolute atomic E-state index is 0.478. The molecule has 17 heavy (non-hydrogen) atoms. The summed E-state index contributed by atoms with van der Waals surface area (Å²) in [6.07, 6.45) is -2.84. The molecule has 0 unspecified atom stereocenters. The van der Waals surface area contributed by atoms with Crippen LogP contribution in [-0.2, 0) is 9.53 Å². The summed E-state index contributed by atoms with van der Waals surface area (Å²) in [4.78, 5) is 11.5. The predicted molar refractivity (Wildman–Crippen MR) is 63.3 cm³/mol. The van der Waals surface area contributed by atoms with Gasteiger partial charge in [0.05, 0.1) is 0 Å². The van der Waals surface area contributed by atoms with Crippen LogP contribution in [0.1, 0.15) is 32.4 Å². The SMILES string of the molecule is CC(C)(C)OC(=O)[C@H](O)[C@@H](O)c1ccccc1. The van der Waals surface area contributed by atoms with E-state index in [-0.39, 0.29) is 0 Å². The summed E-state index contributed by atoms with van der Waals surface area (Å²) in [5.41, 5.74) is -0.208. The molecule has 0 aliphatic carbocycles. The van der Waals surface area contributed by atoms with Crippen LogP contribution in [0.3, 0.4) is 0 Å². The zero-order chi connectivity index (χ0) is 13.1. The third kappa shape index (κ3) is 4.17. The van der Waals surface area contributed by atoms with Crippen LogP contribution in [-0.4, -0.2) is 27.9 Å². The minimum Gasteiger partial charge on any atom is -0.458 e. The molecule has 0 aliphatic rings. The van der Waals surface area contributed by atoms with E-state index in [1.165, 1.54) is 0 Å². The molecule has 0 heterocycles. The molecule has 1 aromatic carbocycles. The average Bonchev–Trinajstić information content (AvgIpc) is 2.26. The lowest BCUT2D eigenvalue weighted by Crippen LogP contribution is -2.35. The van der Waals surface area contributed by atoms with Gasteiger partial charge >= 0.3 is 5.97 Å². The second-order valence-electron chi connectivity index (χ2n) is 4.83. The summed E-state index contributed by atoms with van der Waals surface area (Å²) in [6, 6.07) is 8.51. The molecule has 2 atom stereocenters. The molecule has 0 amide bonds. The van der Waals surface area contributed by atoms with Crippen molar-refractivity contribution in [2.24, 2.45) is 0 Å². The van der Waals surface area contributed by atoms with E-state index < -0.39 is 23.8 Å². The molecule has 0 radical (unpaired) electrons. The fourth-order valence-corrected chi connectivity index (χ4v) is 1.32. The molecule has 0 spiro atoms. The number of aliphatic hydroxyl groups excluding tert-OH is 2. The number of aliphatic hydroxyl groups is 2. The molecule has 4 heteroatoms. The van der Waals surface area contributed by atoms with Gasteiger partial charge in [-0.1, -0.05) is 30.3 Å². The van der Waals surface area contributed by atoms with Crippen LogP contribution in [0, 0.1) is 0 Å². The Morgan fingerprint density at radius 1 is 1.18 bits per heavy atom. The van der Waals surface area contributed by atoms with E-state index in [0.717, 1.165) is 0 Å². The van der Waals surface area contributed by atoms with Crippen molar-refractivity contribution >= 4 is 5.97 Å². The van der Waals surface area contributed by atoms with E-state index >= 15 is 0 Å². The first-order valence-electron chi connectivity index (χ1n) is 5.45. The molecular formula is C13H18O4. The monoisotopic (exact) mass is 238 g/mol. The van der Waals surface area contributed by atoms with Crippen molar-refractivity contribution in [2.75, 3.05) is 0 Å². The van der Waals surface area contributed by atoms with E-state index in [1.807, 2.05) is 0 Å². The largest absolute Gasteiger partial charge is 0.458 e. The summed E-state index contributed by atoms with van der Waals surface area (Å²) in [5, 5.41) is 19.5. The Morgan fingerprint density at radius 3 is 2.18 bits per heavy atom. The Bertz CT molecular complexity index is 367. The van der Waals surface area contributed by atoms with Gasteiger partial charge in [-0.25, -0.2) is 4.79 Å². The van der Waals surface area contributed by atoms with Crippen LogP contribution in [0.15, 0.2) is 30.3 Å². The molecule has 0 bridgehead atoms. The van der Waals surface area contributed by atoms with E-state index in [2.05, 4.69) is 0 Å². The van der Waals surface area contributed by atoms with Gasteiger partial charge in [-0.3, -0.25) is 0 Å². The van der Waals surface area contributed by atoms with Crippen molar-refractivity contribution in [3.63, 3.8) is 0 Å². The molecule has 0 saturated heterocycles. The lowest BCUT2D eigenvalue weighted by atomic mass is 10.0. The summed E-state index contributed by atoms with van der Waals surface area (Å²) in [7, 11) is 0. The van der Waals surface area contributed by atoms with E-state index in [1.54, 1.807) is 51.1 Å². The van der Waals surface area contributed by atoms with Crippen LogP contribution in [0.5, 0.6) is 0 Å². The highest BCUT2D eigenvalue weighted by Gasteiger charge is 2.29. The number of hydrogen-bond acceptors (Lipinski definition) is 4. The number of rotatable bonds is 3. The predicted octanol–water partition coefficient (Wildman–Crippen LogP) is 1.42. The Morgan fingerprint density at radius 2 is 1.71 bits per heavy atom. The average molecular weight is 238 g/mol. The van der Waals surface area contributed by atoms with Gasteiger partial charge in [-0.05, 0) is 26.3 Å². The number of esters is 1. The Kier molecular flexibility index (Phi) is 4.26. The van der Waals surface area contributed by atoms with E-state index in [4.69, 9.17) is 4.74 Å². The third-order valence-corrected chi connectivity index (χ3v) is 2.09. The van der Waals surface area contributed by atoms with Gasteiger partial charge in [-0.2, -0.15) is 0 Å². The summed E-state index contributed by atoms with van der Waals surface area (Å²) >= 11 is 0. The molecule has 1 aromatic rings. The smallest absolute Gasteiger partial charge is 0.338 e. The van der Waals surface area contributed by atoms with Crippen molar-refractivity contribution in [3.8, 4) is 0 Å². The highest BCUT2D eigenvalue weighted by molar-refractivity contribution is 5.75. The highest BCUT2D eigenvalue weighted by atomic mass is 16.6. The number of carbonyl (C=O) groups is 1. The van der Waals surface area contributed by atoms with Crippen LogP contribution in [0.4, 0.5) is 0 Å².